The minimum Gasteiger partial charge on any atom is -0.497 e. The molecule has 1 aliphatic carbocycles. The van der Waals surface area contributed by atoms with Crippen LogP contribution in [-0.4, -0.2) is 39.7 Å². The van der Waals surface area contributed by atoms with Crippen molar-refractivity contribution in [1.82, 2.24) is 15.0 Å². The van der Waals surface area contributed by atoms with Gasteiger partial charge in [-0.3, -0.25) is 4.90 Å². The lowest BCUT2D eigenvalue weighted by Crippen LogP contribution is -2.58. The first kappa shape index (κ1) is 18.4. The molecular formula is C21H24N8O. The van der Waals surface area contributed by atoms with E-state index in [2.05, 4.69) is 15.2 Å². The molecule has 1 saturated carbocycles. The summed E-state index contributed by atoms with van der Waals surface area (Å²) in [6, 6.07) is 13.5. The summed E-state index contributed by atoms with van der Waals surface area (Å²) in [5.41, 5.74) is 15.1. The van der Waals surface area contributed by atoms with Gasteiger partial charge in [-0.25, -0.2) is 4.99 Å². The van der Waals surface area contributed by atoms with Crippen molar-refractivity contribution < 1.29 is 4.74 Å². The van der Waals surface area contributed by atoms with E-state index in [1.54, 1.807) is 11.9 Å². The van der Waals surface area contributed by atoms with Crippen molar-refractivity contribution >= 4 is 28.6 Å². The first-order valence-corrected chi connectivity index (χ1v) is 10.1. The molecule has 1 aliphatic heterocycles. The average molecular weight is 404 g/mol. The number of guanidine groups is 2. The van der Waals surface area contributed by atoms with Gasteiger partial charge in [0.2, 0.25) is 11.9 Å². The second-order valence-electron chi connectivity index (χ2n) is 7.68. The number of nitrogens with zero attached hydrogens (tertiary/aromatic N) is 6. The Bertz CT molecular complexity index is 1140. The molecule has 1 fully saturated rings. The molecule has 0 atom stereocenters. The van der Waals surface area contributed by atoms with Gasteiger partial charge in [0.05, 0.1) is 12.8 Å². The Hall–Kier alpha value is -3.62. The molecule has 2 heterocycles. The highest BCUT2D eigenvalue weighted by Crippen LogP contribution is 2.39. The Kier molecular flexibility index (Phi) is 4.30. The molecule has 1 spiro atoms. The third-order valence-corrected chi connectivity index (χ3v) is 5.78. The summed E-state index contributed by atoms with van der Waals surface area (Å²) in [4.78, 5) is 12.6. The Balaban J connectivity index is 1.54. The predicted molar refractivity (Wildman–Crippen MR) is 117 cm³/mol. The number of ether oxygens (including phenoxy) is 1. The van der Waals surface area contributed by atoms with E-state index in [4.69, 9.17) is 21.2 Å². The lowest BCUT2D eigenvalue weighted by molar-refractivity contribution is 0.305. The van der Waals surface area contributed by atoms with Gasteiger partial charge in [-0.05, 0) is 68.1 Å². The quantitative estimate of drug-likeness (QED) is 0.692. The van der Waals surface area contributed by atoms with Crippen molar-refractivity contribution in [3.8, 4) is 11.4 Å². The van der Waals surface area contributed by atoms with Crippen LogP contribution in [-0.2, 0) is 0 Å². The van der Waals surface area contributed by atoms with E-state index in [1.807, 2.05) is 47.4 Å². The highest BCUT2D eigenvalue weighted by molar-refractivity contribution is 6.06. The van der Waals surface area contributed by atoms with Crippen molar-refractivity contribution in [3.05, 3.63) is 42.5 Å². The molecule has 0 bridgehead atoms. The lowest BCUT2D eigenvalue weighted by atomic mass is 9.87. The molecule has 9 heteroatoms. The van der Waals surface area contributed by atoms with Gasteiger partial charge in [-0.1, -0.05) is 6.42 Å². The first-order chi connectivity index (χ1) is 14.6. The Morgan fingerprint density at radius 1 is 0.900 bits per heavy atom. The monoisotopic (exact) mass is 404 g/mol. The Morgan fingerprint density at radius 2 is 1.60 bits per heavy atom. The molecule has 4 N–H and O–H groups in total. The predicted octanol–water partition coefficient (Wildman–Crippen LogP) is 2.54. The number of aromatic nitrogens is 3. The number of hydrogen-bond acceptors (Lipinski definition) is 8. The topological polar surface area (TPSA) is 120 Å². The van der Waals surface area contributed by atoms with Crippen molar-refractivity contribution in [2.24, 2.45) is 21.5 Å². The van der Waals surface area contributed by atoms with Gasteiger partial charge in [-0.2, -0.15) is 9.79 Å². The molecule has 2 aliphatic rings. The minimum atomic E-state index is -0.478. The van der Waals surface area contributed by atoms with Crippen LogP contribution >= 0.6 is 0 Å². The highest BCUT2D eigenvalue weighted by Gasteiger charge is 2.42. The molecule has 5 rings (SSSR count). The molecular weight excluding hydrogens is 380 g/mol. The maximum Gasteiger partial charge on any atom is 0.220 e. The SMILES string of the molecule is COc1ccc(-n2nc3ccc(N4C(N)=NC(N)=NC45CCCCC5)cc3n2)cc1. The first-order valence-electron chi connectivity index (χ1n) is 10.1. The molecule has 3 aromatic rings. The van der Waals surface area contributed by atoms with Crippen LogP contribution in [0.2, 0.25) is 0 Å². The van der Waals surface area contributed by atoms with Crippen LogP contribution in [0.25, 0.3) is 16.7 Å². The zero-order valence-electron chi connectivity index (χ0n) is 16.8. The van der Waals surface area contributed by atoms with Gasteiger partial charge in [0.1, 0.15) is 22.4 Å². The average Bonchev–Trinajstić information content (AvgIpc) is 3.17. The molecule has 0 amide bonds. The van der Waals surface area contributed by atoms with Crippen molar-refractivity contribution in [2.45, 2.75) is 37.8 Å². The van der Waals surface area contributed by atoms with Crippen LogP contribution in [0.5, 0.6) is 5.75 Å². The van der Waals surface area contributed by atoms with Gasteiger partial charge in [0, 0.05) is 5.69 Å². The summed E-state index contributed by atoms with van der Waals surface area (Å²) in [5, 5.41) is 9.26. The highest BCUT2D eigenvalue weighted by atomic mass is 16.5. The largest absolute Gasteiger partial charge is 0.497 e. The van der Waals surface area contributed by atoms with E-state index in [0.29, 0.717) is 5.96 Å². The summed E-state index contributed by atoms with van der Waals surface area (Å²) < 4.78 is 5.22. The van der Waals surface area contributed by atoms with Gasteiger partial charge in [-0.15, -0.1) is 10.2 Å². The van der Waals surface area contributed by atoms with Gasteiger partial charge >= 0.3 is 0 Å². The van der Waals surface area contributed by atoms with E-state index in [9.17, 15) is 0 Å². The maximum absolute atomic E-state index is 6.34. The number of fused-ring (bicyclic) bond motifs is 1. The third kappa shape index (κ3) is 3.02. The second-order valence-corrected chi connectivity index (χ2v) is 7.68. The molecule has 2 aromatic carbocycles. The number of rotatable bonds is 3. The van der Waals surface area contributed by atoms with E-state index < -0.39 is 5.66 Å². The van der Waals surface area contributed by atoms with Crippen molar-refractivity contribution in [2.75, 3.05) is 12.0 Å². The van der Waals surface area contributed by atoms with E-state index in [0.717, 1.165) is 53.8 Å². The summed E-state index contributed by atoms with van der Waals surface area (Å²) in [6.07, 6.45) is 5.13. The van der Waals surface area contributed by atoms with Crippen molar-refractivity contribution in [1.29, 1.82) is 0 Å². The zero-order valence-corrected chi connectivity index (χ0v) is 16.8. The summed E-state index contributed by atoms with van der Waals surface area (Å²) in [5.74, 6) is 1.40. The van der Waals surface area contributed by atoms with Crippen LogP contribution in [0.3, 0.4) is 0 Å². The molecule has 154 valence electrons. The van der Waals surface area contributed by atoms with E-state index >= 15 is 0 Å². The number of nitrogens with two attached hydrogens (primary N) is 2. The second kappa shape index (κ2) is 7.01. The minimum absolute atomic E-state index is 0.247. The number of aliphatic imine (C=N–C) groups is 2. The Morgan fingerprint density at radius 3 is 2.33 bits per heavy atom. The van der Waals surface area contributed by atoms with E-state index in [-0.39, 0.29) is 5.96 Å². The fourth-order valence-corrected chi connectivity index (χ4v) is 4.37. The molecule has 1 aromatic heterocycles. The maximum atomic E-state index is 6.34. The van der Waals surface area contributed by atoms with Gasteiger partial charge in [0.25, 0.3) is 0 Å². The molecule has 30 heavy (non-hydrogen) atoms. The molecule has 9 nitrogen and oxygen atoms in total. The fraction of sp³-hybridized carbons (Fsp3) is 0.333. The smallest absolute Gasteiger partial charge is 0.220 e. The Labute approximate surface area is 174 Å². The van der Waals surface area contributed by atoms with Crippen LogP contribution in [0.1, 0.15) is 32.1 Å². The van der Waals surface area contributed by atoms with Crippen molar-refractivity contribution in [3.63, 3.8) is 0 Å². The van der Waals surface area contributed by atoms with E-state index in [1.165, 1.54) is 6.42 Å². The van der Waals surface area contributed by atoms with Gasteiger partial charge < -0.3 is 16.2 Å². The van der Waals surface area contributed by atoms with Crippen LogP contribution in [0.4, 0.5) is 5.69 Å². The fourth-order valence-electron chi connectivity index (χ4n) is 4.37. The number of methoxy groups -OCH3 is 1. The normalized spacial score (nSPS) is 18.4. The summed E-state index contributed by atoms with van der Waals surface area (Å²) in [7, 11) is 1.64. The van der Waals surface area contributed by atoms with Crippen LogP contribution in [0, 0.1) is 0 Å². The van der Waals surface area contributed by atoms with Crippen LogP contribution in [0.15, 0.2) is 52.4 Å². The zero-order chi connectivity index (χ0) is 20.7. The molecule has 0 saturated heterocycles. The standard InChI is InChI=1S/C21H24N8O/c1-30-16-8-5-14(6-9-16)29-26-17-10-7-15(13-18(17)27-29)28-20(23)24-19(22)25-21(28)11-3-2-4-12-21/h5-10,13H,2-4,11-12H2,1H3,(H4,22,23,24,25). The molecule has 0 unspecified atom stereocenters. The van der Waals surface area contributed by atoms with Gasteiger partial charge in [0.15, 0.2) is 0 Å². The third-order valence-electron chi connectivity index (χ3n) is 5.78. The summed E-state index contributed by atoms with van der Waals surface area (Å²) >= 11 is 0. The number of anilines is 1. The number of benzene rings is 2. The number of hydrogen-bond donors (Lipinski definition) is 2. The summed E-state index contributed by atoms with van der Waals surface area (Å²) in [6.45, 7) is 0. The lowest BCUT2D eigenvalue weighted by Gasteiger charge is -2.45. The molecule has 0 radical (unpaired) electrons. The van der Waals surface area contributed by atoms with Crippen LogP contribution < -0.4 is 21.1 Å².